The molecule has 0 aliphatic heterocycles. The van der Waals surface area contributed by atoms with Gasteiger partial charge in [-0.25, -0.2) is 4.79 Å². The number of aliphatic hydroxyl groups is 1. The van der Waals surface area contributed by atoms with Crippen molar-refractivity contribution in [1.82, 2.24) is 0 Å². The van der Waals surface area contributed by atoms with Gasteiger partial charge in [-0.15, -0.1) is 0 Å². The van der Waals surface area contributed by atoms with Crippen LogP contribution in [0.2, 0.25) is 0 Å². The molecule has 514 valence electrons. The zero-order valence-electron chi connectivity index (χ0n) is 56.0. The van der Waals surface area contributed by atoms with E-state index in [0.717, 1.165) is 115 Å². The summed E-state index contributed by atoms with van der Waals surface area (Å²) in [6.45, 7) is 4.36. The first-order valence-electron chi connectivity index (χ1n) is 33.3. The summed E-state index contributed by atoms with van der Waals surface area (Å²) in [4.78, 5) is 86.5. The van der Waals surface area contributed by atoms with Crippen LogP contribution >= 0.6 is 15.6 Å². The van der Waals surface area contributed by atoms with Crippen molar-refractivity contribution >= 4 is 45.5 Å². The van der Waals surface area contributed by atoms with Crippen LogP contribution in [0.4, 0.5) is 0 Å². The third kappa shape index (κ3) is 57.6. The Morgan fingerprint density at radius 3 is 0.878 bits per heavy atom. The van der Waals surface area contributed by atoms with Crippen molar-refractivity contribution in [2.24, 2.45) is 0 Å². The van der Waals surface area contributed by atoms with Crippen molar-refractivity contribution < 1.29 is 165 Å². The first-order chi connectivity index (χ1) is 42.2. The van der Waals surface area contributed by atoms with Gasteiger partial charge in [0.25, 0.3) is 15.6 Å². The SMILES string of the molecule is CCCCCCCCCCCC(=O)OCC(COP(=O)([O-])OCC(O)COP(=O)([O-])OCC(COC(=O)CCCCCCCCCCC)OC(=O)CCCCCCCCCCC)OC(=O)CCCCCCCCCCC.O=C(O)c1cc(O)c(O)c(O)c1.[Na+].[Na+]. The maximum Gasteiger partial charge on any atom is 1.00 e. The standard InChI is InChI=1S/C57H110O17P2.C7H6O5.2Na/c1-5-9-13-17-21-25-29-33-37-41-54(59)67-47-52(73-56(61)43-39-35-31-27-23-19-15-11-7-3)49-71-75(63,64)69-45-51(58)46-70-76(65,66)72-50-53(74-57(62)44-40-36-32-28-24-20-16-12-8-4)48-68-55(60)42-38-34-30-26-22-18-14-10-6-2;8-4-1-3(7(11)12)2-5(9)6(4)10;;/h51-53,58H,5-50H2,1-4H3,(H,63,64)(H,65,66);1-2,8-10H,(H,11,12);;/q;;2*+1/p-2. The fourth-order valence-electron chi connectivity index (χ4n) is 9.11. The van der Waals surface area contributed by atoms with E-state index in [2.05, 4.69) is 27.7 Å². The van der Waals surface area contributed by atoms with Crippen molar-refractivity contribution in [2.75, 3.05) is 39.6 Å². The number of phenolic OH excluding ortho intramolecular Hbond substituents is 3. The van der Waals surface area contributed by atoms with Gasteiger partial charge in [0.05, 0.1) is 32.0 Å². The largest absolute Gasteiger partial charge is 1.00 e. The summed E-state index contributed by atoms with van der Waals surface area (Å²) >= 11 is 0. The van der Waals surface area contributed by atoms with Crippen LogP contribution in [0.25, 0.3) is 0 Å². The van der Waals surface area contributed by atoms with E-state index in [1.165, 1.54) is 103 Å². The Morgan fingerprint density at radius 1 is 0.389 bits per heavy atom. The Bertz CT molecular complexity index is 1930. The molecular weight excluding hydrogens is 1230 g/mol. The average molecular weight is 1340 g/mol. The van der Waals surface area contributed by atoms with Crippen LogP contribution in [0.3, 0.4) is 0 Å². The minimum atomic E-state index is -5.20. The molecule has 0 amide bonds. The van der Waals surface area contributed by atoms with E-state index in [4.69, 9.17) is 57.5 Å². The number of carbonyl (C=O) groups excluding carboxylic acids is 4. The molecule has 0 saturated heterocycles. The number of aliphatic hydroxyl groups excluding tert-OH is 1. The van der Waals surface area contributed by atoms with Gasteiger partial charge in [-0.1, -0.05) is 233 Å². The van der Waals surface area contributed by atoms with Crippen LogP contribution in [-0.2, 0) is 65.4 Å². The number of carboxylic acids is 1. The van der Waals surface area contributed by atoms with Crippen molar-refractivity contribution in [3.8, 4) is 17.2 Å². The summed E-state index contributed by atoms with van der Waals surface area (Å²) in [6.07, 6.45) is 34.2. The van der Waals surface area contributed by atoms with Crippen LogP contribution < -0.4 is 68.9 Å². The number of phosphoric ester groups is 2. The Morgan fingerprint density at radius 2 is 0.622 bits per heavy atom. The molecule has 5 N–H and O–H groups in total. The number of aromatic carboxylic acids is 1. The molecule has 26 heteroatoms. The summed E-state index contributed by atoms with van der Waals surface area (Å²) in [5, 5.41) is 45.4. The van der Waals surface area contributed by atoms with Gasteiger partial charge in [0, 0.05) is 25.7 Å². The summed E-state index contributed by atoms with van der Waals surface area (Å²) in [5.41, 5.74) is -0.289. The molecule has 1 aromatic rings. The Kier molecular flexibility index (Phi) is 63.6. The number of phosphoric acid groups is 2. The number of carbonyl (C=O) groups is 5. The number of carboxylic acid groups (broad SMARTS) is 1. The molecule has 1 rings (SSSR count). The number of hydrogen-bond acceptors (Lipinski definition) is 21. The van der Waals surface area contributed by atoms with E-state index >= 15 is 0 Å². The monoisotopic (exact) mass is 1340 g/mol. The third-order valence-corrected chi connectivity index (χ3v) is 16.3. The predicted molar refractivity (Wildman–Crippen MR) is 332 cm³/mol. The molecule has 90 heavy (non-hydrogen) atoms. The number of aromatic hydroxyl groups is 3. The summed E-state index contributed by atoms with van der Waals surface area (Å²) in [5.74, 6) is -5.57. The Balaban J connectivity index is -0.00000479. The normalized spacial score (nSPS) is 13.4. The molecule has 1 aromatic carbocycles. The second-order valence-electron chi connectivity index (χ2n) is 22.8. The van der Waals surface area contributed by atoms with E-state index in [1.54, 1.807) is 0 Å². The van der Waals surface area contributed by atoms with Crippen molar-refractivity contribution in [1.29, 1.82) is 0 Å². The van der Waals surface area contributed by atoms with Gasteiger partial charge in [0.1, 0.15) is 19.3 Å². The van der Waals surface area contributed by atoms with Crippen LogP contribution in [0.15, 0.2) is 12.1 Å². The van der Waals surface area contributed by atoms with Gasteiger partial charge >= 0.3 is 89.0 Å². The second-order valence-corrected chi connectivity index (χ2v) is 25.6. The number of benzene rings is 1. The van der Waals surface area contributed by atoms with Gasteiger partial charge in [0.2, 0.25) is 0 Å². The Hall–Kier alpha value is -1.85. The topological polar surface area (TPSA) is 341 Å². The van der Waals surface area contributed by atoms with Crippen LogP contribution in [-0.4, -0.2) is 113 Å². The van der Waals surface area contributed by atoms with Crippen molar-refractivity contribution in [2.45, 2.75) is 303 Å². The van der Waals surface area contributed by atoms with E-state index in [-0.39, 0.29) is 90.4 Å². The van der Waals surface area contributed by atoms with E-state index in [1.807, 2.05) is 0 Å². The maximum absolute atomic E-state index is 12.8. The molecule has 0 aliphatic rings. The average Bonchev–Trinajstić information content (AvgIpc) is 2.10. The van der Waals surface area contributed by atoms with Gasteiger partial charge in [-0.2, -0.15) is 0 Å². The van der Waals surface area contributed by atoms with Crippen molar-refractivity contribution in [3.05, 3.63) is 17.7 Å². The fraction of sp³-hybridized carbons (Fsp3) is 0.828. The van der Waals surface area contributed by atoms with Crippen LogP contribution in [0.1, 0.15) is 295 Å². The summed E-state index contributed by atoms with van der Waals surface area (Å²) in [7, 11) is -10.4. The molecular formula is C64H114Na2O22P2. The third-order valence-electron chi connectivity index (χ3n) is 14.4. The molecule has 4 atom stereocenters. The zero-order valence-corrected chi connectivity index (χ0v) is 61.8. The van der Waals surface area contributed by atoms with Gasteiger partial charge in [0.15, 0.2) is 29.5 Å². The van der Waals surface area contributed by atoms with Gasteiger partial charge < -0.3 is 72.4 Å². The molecule has 0 aliphatic carbocycles. The number of unbranched alkanes of at least 4 members (excludes halogenated alkanes) is 32. The van der Waals surface area contributed by atoms with Crippen molar-refractivity contribution in [3.63, 3.8) is 0 Å². The minimum Gasteiger partial charge on any atom is -0.756 e. The Labute approximate surface area is 583 Å². The molecule has 0 spiro atoms. The number of phenols is 3. The fourth-order valence-corrected chi connectivity index (χ4v) is 10.7. The number of rotatable bonds is 59. The van der Waals surface area contributed by atoms with E-state index < -0.39 is 121 Å². The number of esters is 4. The number of hydrogen-bond donors (Lipinski definition) is 5. The summed E-state index contributed by atoms with van der Waals surface area (Å²) in [6, 6.07) is 1.69. The molecule has 0 radical (unpaired) electrons. The van der Waals surface area contributed by atoms with Crippen LogP contribution in [0, 0.1) is 0 Å². The van der Waals surface area contributed by atoms with E-state index in [0.29, 0.717) is 25.7 Å². The minimum absolute atomic E-state index is 0. The molecule has 4 unspecified atom stereocenters. The molecule has 22 nitrogen and oxygen atoms in total. The maximum atomic E-state index is 12.8. The molecule has 0 saturated carbocycles. The van der Waals surface area contributed by atoms with E-state index in [9.17, 15) is 48.0 Å². The first kappa shape index (κ1) is 92.3. The zero-order chi connectivity index (χ0) is 65.5. The van der Waals surface area contributed by atoms with Gasteiger partial charge in [-0.3, -0.25) is 28.3 Å². The van der Waals surface area contributed by atoms with Gasteiger partial charge in [-0.05, 0) is 37.8 Å². The van der Waals surface area contributed by atoms with Crippen LogP contribution in [0.5, 0.6) is 17.2 Å². The molecule has 0 heterocycles. The smallest absolute Gasteiger partial charge is 0.756 e. The second kappa shape index (κ2) is 62.0. The first-order valence-corrected chi connectivity index (χ1v) is 36.2. The summed E-state index contributed by atoms with van der Waals surface area (Å²) < 4.78 is 66.7. The molecule has 0 bridgehead atoms. The molecule has 0 fully saturated rings. The quantitative estimate of drug-likeness (QED) is 0.0102. The predicted octanol–water partition coefficient (Wildman–Crippen LogP) is 8.45. The molecule has 0 aromatic heterocycles. The number of ether oxygens (including phenoxy) is 4.